The molecule has 0 saturated heterocycles. The third-order valence-electron chi connectivity index (χ3n) is 3.33. The highest BCUT2D eigenvalue weighted by molar-refractivity contribution is 7.12. The molecule has 2 heterocycles. The average molecular weight is 277 g/mol. The van der Waals surface area contributed by atoms with Crippen molar-refractivity contribution in [3.63, 3.8) is 0 Å². The van der Waals surface area contributed by atoms with E-state index in [4.69, 9.17) is 0 Å². The Morgan fingerprint density at radius 2 is 2.11 bits per heavy atom. The summed E-state index contributed by atoms with van der Waals surface area (Å²) in [5, 5.41) is 3.42. The van der Waals surface area contributed by atoms with E-state index in [9.17, 15) is 0 Å². The van der Waals surface area contributed by atoms with E-state index in [1.165, 1.54) is 15.3 Å². The summed E-state index contributed by atoms with van der Waals surface area (Å²) in [7, 11) is 0. The maximum atomic E-state index is 4.59. The van der Waals surface area contributed by atoms with Crippen molar-refractivity contribution < 1.29 is 0 Å². The number of thiophene rings is 1. The van der Waals surface area contributed by atoms with Gasteiger partial charge in [-0.2, -0.15) is 0 Å². The number of aromatic nitrogens is 2. The third-order valence-corrected chi connectivity index (χ3v) is 4.31. The van der Waals surface area contributed by atoms with Crippen LogP contribution >= 0.6 is 11.3 Å². The number of nitrogens with one attached hydrogen (secondary N) is 1. The first-order valence-corrected chi connectivity index (χ1v) is 7.70. The summed E-state index contributed by atoms with van der Waals surface area (Å²) in [6, 6.07) is 2.62. The molecule has 3 nitrogen and oxygen atoms in total. The highest BCUT2D eigenvalue weighted by atomic mass is 32.1. The van der Waals surface area contributed by atoms with Crippen LogP contribution in [0.25, 0.3) is 0 Å². The highest BCUT2D eigenvalue weighted by Gasteiger charge is 2.16. The number of hydrogen-bond acceptors (Lipinski definition) is 3. The summed E-state index contributed by atoms with van der Waals surface area (Å²) in [5.41, 5.74) is 2.47. The van der Waals surface area contributed by atoms with E-state index in [1.807, 2.05) is 18.3 Å². The molecule has 4 heteroatoms. The van der Waals surface area contributed by atoms with Gasteiger partial charge in [-0.25, -0.2) is 4.98 Å². The molecule has 0 spiro atoms. The predicted molar refractivity (Wildman–Crippen MR) is 83.4 cm³/mol. The number of imidazole rings is 1. The number of rotatable bonds is 5. The van der Waals surface area contributed by atoms with E-state index in [0.29, 0.717) is 6.04 Å². The van der Waals surface area contributed by atoms with Crippen molar-refractivity contribution in [1.29, 1.82) is 0 Å². The Kier molecular flexibility index (Phi) is 4.30. The molecule has 0 bridgehead atoms. The average Bonchev–Trinajstić information content (AvgIpc) is 2.88. The van der Waals surface area contributed by atoms with Gasteiger partial charge in [0.05, 0.1) is 11.7 Å². The number of nitrogens with zero attached hydrogens (tertiary/aromatic N) is 2. The van der Waals surface area contributed by atoms with Gasteiger partial charge in [-0.3, -0.25) is 0 Å². The topological polar surface area (TPSA) is 29.9 Å². The first-order valence-electron chi connectivity index (χ1n) is 6.89. The summed E-state index contributed by atoms with van der Waals surface area (Å²) >= 11 is 1.87. The van der Waals surface area contributed by atoms with Gasteiger partial charge in [-0.1, -0.05) is 6.92 Å². The summed E-state index contributed by atoms with van der Waals surface area (Å²) in [6.07, 6.45) is 3.24. The monoisotopic (exact) mass is 277 g/mol. The largest absolute Gasteiger partial charge is 0.356 e. The van der Waals surface area contributed by atoms with Crippen LogP contribution in [0.1, 0.15) is 47.3 Å². The molecule has 0 radical (unpaired) electrons. The van der Waals surface area contributed by atoms with Gasteiger partial charge >= 0.3 is 0 Å². The minimum Gasteiger partial charge on any atom is -0.356 e. The van der Waals surface area contributed by atoms with Gasteiger partial charge < -0.3 is 9.88 Å². The van der Waals surface area contributed by atoms with Gasteiger partial charge in [0.15, 0.2) is 0 Å². The lowest BCUT2D eigenvalue weighted by molar-refractivity contribution is 0.641. The summed E-state index contributed by atoms with van der Waals surface area (Å²) < 4.78 is 2.25. The van der Waals surface area contributed by atoms with Crippen LogP contribution in [-0.4, -0.2) is 16.1 Å². The fourth-order valence-corrected chi connectivity index (χ4v) is 3.41. The van der Waals surface area contributed by atoms with Crippen molar-refractivity contribution >= 4 is 17.3 Å². The molecule has 2 rings (SSSR count). The molecule has 0 saturated carbocycles. The van der Waals surface area contributed by atoms with Gasteiger partial charge in [-0.05, 0) is 45.7 Å². The molecule has 1 N–H and O–H groups in total. The van der Waals surface area contributed by atoms with Gasteiger partial charge in [0.2, 0.25) is 5.95 Å². The summed E-state index contributed by atoms with van der Waals surface area (Å²) in [6.45, 7) is 11.8. The van der Waals surface area contributed by atoms with Crippen LogP contribution in [0.15, 0.2) is 12.3 Å². The Morgan fingerprint density at radius 1 is 1.37 bits per heavy atom. The van der Waals surface area contributed by atoms with Gasteiger partial charge in [0.25, 0.3) is 0 Å². The number of hydrogen-bond donors (Lipinski definition) is 1. The van der Waals surface area contributed by atoms with Gasteiger partial charge in [0, 0.05) is 22.5 Å². The normalized spacial score (nSPS) is 12.7. The molecule has 2 aromatic rings. The van der Waals surface area contributed by atoms with E-state index in [1.54, 1.807) is 0 Å². The van der Waals surface area contributed by atoms with Crippen LogP contribution in [0.2, 0.25) is 0 Å². The Morgan fingerprint density at radius 3 is 2.68 bits per heavy atom. The molecular formula is C15H23N3S. The van der Waals surface area contributed by atoms with Crippen molar-refractivity contribution in [3.05, 3.63) is 33.3 Å². The Balaban J connectivity index is 2.32. The molecular weight excluding hydrogens is 254 g/mol. The second-order valence-electron chi connectivity index (χ2n) is 5.08. The zero-order valence-electron chi connectivity index (χ0n) is 12.4. The first-order chi connectivity index (χ1) is 9.02. The van der Waals surface area contributed by atoms with E-state index in [-0.39, 0.29) is 0 Å². The van der Waals surface area contributed by atoms with Crippen LogP contribution in [0.3, 0.4) is 0 Å². The van der Waals surface area contributed by atoms with E-state index >= 15 is 0 Å². The number of aryl methyl sites for hydroxylation is 3. The van der Waals surface area contributed by atoms with Crippen molar-refractivity contribution in [1.82, 2.24) is 9.55 Å². The van der Waals surface area contributed by atoms with E-state index in [0.717, 1.165) is 24.6 Å². The maximum absolute atomic E-state index is 4.59. The smallest absolute Gasteiger partial charge is 0.203 e. The molecule has 0 aliphatic rings. The Bertz CT molecular complexity index is 554. The first kappa shape index (κ1) is 14.1. The van der Waals surface area contributed by atoms with Crippen LogP contribution in [0, 0.1) is 20.8 Å². The fourth-order valence-electron chi connectivity index (χ4n) is 2.39. The fraction of sp³-hybridized carbons (Fsp3) is 0.533. The molecule has 1 unspecified atom stereocenters. The molecule has 0 amide bonds. The lowest BCUT2D eigenvalue weighted by Crippen LogP contribution is -2.12. The molecule has 19 heavy (non-hydrogen) atoms. The van der Waals surface area contributed by atoms with Crippen molar-refractivity contribution in [3.8, 4) is 0 Å². The number of anilines is 1. The van der Waals surface area contributed by atoms with Crippen LogP contribution in [-0.2, 0) is 0 Å². The summed E-state index contributed by atoms with van der Waals surface area (Å²) in [4.78, 5) is 7.36. The summed E-state index contributed by atoms with van der Waals surface area (Å²) in [5.74, 6) is 0.982. The zero-order valence-corrected chi connectivity index (χ0v) is 13.3. The Labute approximate surface area is 119 Å². The Hall–Kier alpha value is -1.29. The minimum atomic E-state index is 0.325. The molecule has 2 aromatic heterocycles. The lowest BCUT2D eigenvalue weighted by Gasteiger charge is -2.17. The maximum Gasteiger partial charge on any atom is 0.203 e. The predicted octanol–water partition coefficient (Wildman–Crippen LogP) is 4.30. The highest BCUT2D eigenvalue weighted by Crippen LogP contribution is 2.30. The molecule has 0 aliphatic carbocycles. The van der Waals surface area contributed by atoms with E-state index in [2.05, 4.69) is 54.8 Å². The van der Waals surface area contributed by atoms with Gasteiger partial charge in [0.1, 0.15) is 0 Å². The molecule has 0 aromatic carbocycles. The second kappa shape index (κ2) is 5.78. The standard InChI is InChI=1S/C15H23N3S/c1-6-7-16-15-17-10(2)9-18(15)12(4)14-8-11(3)19-13(14)5/h8-9,12H,6-7H2,1-5H3,(H,16,17). The second-order valence-corrected chi connectivity index (χ2v) is 6.54. The van der Waals surface area contributed by atoms with Crippen LogP contribution in [0.4, 0.5) is 5.95 Å². The van der Waals surface area contributed by atoms with Crippen LogP contribution in [0.5, 0.6) is 0 Å². The van der Waals surface area contributed by atoms with Crippen LogP contribution < -0.4 is 5.32 Å². The zero-order chi connectivity index (χ0) is 14.0. The van der Waals surface area contributed by atoms with Crippen molar-refractivity contribution in [2.45, 2.75) is 47.1 Å². The lowest BCUT2D eigenvalue weighted by atomic mass is 10.1. The third kappa shape index (κ3) is 3.00. The van der Waals surface area contributed by atoms with E-state index < -0.39 is 0 Å². The molecule has 0 fully saturated rings. The molecule has 0 aliphatic heterocycles. The molecule has 1 atom stereocenters. The van der Waals surface area contributed by atoms with Crippen molar-refractivity contribution in [2.75, 3.05) is 11.9 Å². The minimum absolute atomic E-state index is 0.325. The van der Waals surface area contributed by atoms with Crippen molar-refractivity contribution in [2.24, 2.45) is 0 Å². The molecule has 104 valence electrons. The van der Waals surface area contributed by atoms with Gasteiger partial charge in [-0.15, -0.1) is 11.3 Å². The quantitative estimate of drug-likeness (QED) is 0.883. The SMILES string of the molecule is CCCNc1nc(C)cn1C(C)c1cc(C)sc1C.